The van der Waals surface area contributed by atoms with Gasteiger partial charge < -0.3 is 0 Å². The van der Waals surface area contributed by atoms with Gasteiger partial charge in [0.25, 0.3) is 0 Å². The minimum absolute atomic E-state index is 0.0369. The summed E-state index contributed by atoms with van der Waals surface area (Å²) < 4.78 is 37.1. The van der Waals surface area contributed by atoms with Crippen LogP contribution in [0.1, 0.15) is 44.7 Å². The second kappa shape index (κ2) is 6.14. The third-order valence-electron chi connectivity index (χ3n) is 1.91. The number of hydrogen-bond donors (Lipinski definition) is 0. The van der Waals surface area contributed by atoms with Gasteiger partial charge >= 0.3 is 6.18 Å². The molecule has 1 rings (SSSR count). The monoisotopic (exact) mass is 252 g/mol. The maximum atomic E-state index is 12.4. The van der Waals surface area contributed by atoms with E-state index in [4.69, 9.17) is 11.6 Å². The summed E-state index contributed by atoms with van der Waals surface area (Å²) in [6.45, 7) is 7.65. The summed E-state index contributed by atoms with van der Waals surface area (Å²) in [6.07, 6.45) is -4.32. The summed E-state index contributed by atoms with van der Waals surface area (Å²) in [5, 5.41) is 0.128. The molecule has 0 bridgehead atoms. The molecule has 4 heteroatoms. The van der Waals surface area contributed by atoms with Gasteiger partial charge in [-0.3, -0.25) is 0 Å². The summed E-state index contributed by atoms with van der Waals surface area (Å²) in [7, 11) is 0. The maximum Gasteiger partial charge on any atom is 0.416 e. The van der Waals surface area contributed by atoms with Gasteiger partial charge in [0, 0.05) is 5.02 Å². The van der Waals surface area contributed by atoms with Gasteiger partial charge in [0.1, 0.15) is 0 Å². The second-order valence-corrected chi connectivity index (χ2v) is 3.86. The molecule has 0 radical (unpaired) electrons. The van der Waals surface area contributed by atoms with Crippen LogP contribution in [0, 0.1) is 0 Å². The fraction of sp³-hybridized carbons (Fsp3) is 0.500. The van der Waals surface area contributed by atoms with Gasteiger partial charge in [-0.25, -0.2) is 0 Å². The average molecular weight is 253 g/mol. The molecule has 0 N–H and O–H groups in total. The predicted molar refractivity (Wildman–Crippen MR) is 61.9 cm³/mol. The molecule has 0 fully saturated rings. The molecule has 0 aliphatic rings. The molecular weight excluding hydrogens is 237 g/mol. The number of rotatable bonds is 1. The zero-order valence-corrected chi connectivity index (χ0v) is 10.6. The zero-order valence-electron chi connectivity index (χ0n) is 9.82. The van der Waals surface area contributed by atoms with E-state index in [-0.39, 0.29) is 10.9 Å². The minimum Gasteiger partial charge on any atom is -0.166 e. The number of halogens is 4. The van der Waals surface area contributed by atoms with Gasteiger partial charge in [0.05, 0.1) is 5.56 Å². The molecule has 0 saturated carbocycles. The molecular formula is C12H16ClF3. The largest absolute Gasteiger partial charge is 0.416 e. The first kappa shape index (κ1) is 15.3. The topological polar surface area (TPSA) is 0 Å². The molecule has 0 atom stereocenters. The van der Waals surface area contributed by atoms with Crippen molar-refractivity contribution in [3.05, 3.63) is 34.3 Å². The lowest BCUT2D eigenvalue weighted by Gasteiger charge is -2.11. The minimum atomic E-state index is -4.32. The van der Waals surface area contributed by atoms with Crippen LogP contribution in [0.15, 0.2) is 18.2 Å². The third-order valence-corrected chi connectivity index (χ3v) is 2.13. The Balaban J connectivity index is 0.00000106. The van der Waals surface area contributed by atoms with Crippen LogP contribution in [0.3, 0.4) is 0 Å². The maximum absolute atomic E-state index is 12.4. The van der Waals surface area contributed by atoms with E-state index in [0.29, 0.717) is 5.56 Å². The second-order valence-electron chi connectivity index (χ2n) is 3.43. The van der Waals surface area contributed by atoms with Gasteiger partial charge in [-0.2, -0.15) is 13.2 Å². The Bertz CT molecular complexity index is 330. The first-order chi connectivity index (χ1) is 7.30. The van der Waals surface area contributed by atoms with Crippen LogP contribution in [-0.2, 0) is 6.18 Å². The van der Waals surface area contributed by atoms with Crippen molar-refractivity contribution in [2.75, 3.05) is 0 Å². The van der Waals surface area contributed by atoms with Gasteiger partial charge in [-0.05, 0) is 29.7 Å². The molecule has 0 heterocycles. The zero-order chi connectivity index (χ0) is 12.9. The highest BCUT2D eigenvalue weighted by Crippen LogP contribution is 2.33. The van der Waals surface area contributed by atoms with Gasteiger partial charge in [0.15, 0.2) is 0 Å². The Hall–Kier alpha value is -0.700. The Morgan fingerprint density at radius 3 is 1.94 bits per heavy atom. The van der Waals surface area contributed by atoms with Crippen LogP contribution in [0.2, 0.25) is 5.02 Å². The molecule has 0 spiro atoms. The van der Waals surface area contributed by atoms with Gasteiger partial charge in [-0.15, -0.1) is 0 Å². The molecule has 0 saturated heterocycles. The van der Waals surface area contributed by atoms with E-state index in [0.717, 1.165) is 12.1 Å². The fourth-order valence-electron chi connectivity index (χ4n) is 1.11. The standard InChI is InChI=1S/C10H10ClF3.C2H6/c1-6(2)7-3-8(10(12,13)14)5-9(11)4-7;1-2/h3-6H,1-2H3;1-2H3. The van der Waals surface area contributed by atoms with E-state index in [1.165, 1.54) is 0 Å². The highest BCUT2D eigenvalue weighted by atomic mass is 35.5. The highest BCUT2D eigenvalue weighted by Gasteiger charge is 2.31. The molecule has 0 nitrogen and oxygen atoms in total. The van der Waals surface area contributed by atoms with E-state index in [1.54, 1.807) is 6.07 Å². The Kier molecular flexibility index (Phi) is 5.87. The summed E-state index contributed by atoms with van der Waals surface area (Å²) in [5.41, 5.74) is -0.0847. The van der Waals surface area contributed by atoms with Crippen LogP contribution in [0.25, 0.3) is 0 Å². The number of hydrogen-bond acceptors (Lipinski definition) is 0. The van der Waals surface area contributed by atoms with Crippen molar-refractivity contribution in [1.82, 2.24) is 0 Å². The summed E-state index contributed by atoms with van der Waals surface area (Å²) >= 11 is 5.60. The van der Waals surface area contributed by atoms with Gasteiger partial charge in [-0.1, -0.05) is 39.3 Å². The van der Waals surface area contributed by atoms with Crippen LogP contribution in [0.4, 0.5) is 13.2 Å². The Morgan fingerprint density at radius 1 is 1.06 bits per heavy atom. The molecule has 1 aromatic carbocycles. The smallest absolute Gasteiger partial charge is 0.166 e. The molecule has 0 amide bonds. The van der Waals surface area contributed by atoms with E-state index in [2.05, 4.69) is 0 Å². The third kappa shape index (κ3) is 4.44. The molecule has 0 unspecified atom stereocenters. The van der Waals surface area contributed by atoms with Crippen LogP contribution >= 0.6 is 11.6 Å². The number of alkyl halides is 3. The Labute approximate surface area is 99.4 Å². The summed E-state index contributed by atoms with van der Waals surface area (Å²) in [6, 6.07) is 3.63. The van der Waals surface area contributed by atoms with Crippen molar-refractivity contribution in [2.24, 2.45) is 0 Å². The summed E-state index contributed by atoms with van der Waals surface area (Å²) in [4.78, 5) is 0. The molecule has 1 aromatic rings. The van der Waals surface area contributed by atoms with Gasteiger partial charge in [0.2, 0.25) is 0 Å². The first-order valence-corrected chi connectivity index (χ1v) is 5.56. The molecule has 0 aliphatic carbocycles. The van der Waals surface area contributed by atoms with Crippen molar-refractivity contribution >= 4 is 11.6 Å². The van der Waals surface area contributed by atoms with Crippen molar-refractivity contribution < 1.29 is 13.2 Å². The molecule has 16 heavy (non-hydrogen) atoms. The lowest BCUT2D eigenvalue weighted by Crippen LogP contribution is -2.05. The van der Waals surface area contributed by atoms with Crippen LogP contribution in [0.5, 0.6) is 0 Å². The highest BCUT2D eigenvalue weighted by molar-refractivity contribution is 6.30. The quantitative estimate of drug-likeness (QED) is 0.618. The fourth-order valence-corrected chi connectivity index (χ4v) is 1.35. The SMILES string of the molecule is CC.CC(C)c1cc(Cl)cc(C(F)(F)F)c1. The Morgan fingerprint density at radius 2 is 1.56 bits per heavy atom. The number of benzene rings is 1. The van der Waals surface area contributed by atoms with E-state index in [9.17, 15) is 13.2 Å². The molecule has 0 aliphatic heterocycles. The van der Waals surface area contributed by atoms with E-state index >= 15 is 0 Å². The predicted octanol–water partition coefficient (Wildman–Crippen LogP) is 5.51. The average Bonchev–Trinajstić information content (AvgIpc) is 2.18. The van der Waals surface area contributed by atoms with E-state index in [1.807, 2.05) is 27.7 Å². The normalized spacial score (nSPS) is 11.1. The first-order valence-electron chi connectivity index (χ1n) is 5.18. The lowest BCUT2D eigenvalue weighted by molar-refractivity contribution is -0.137. The van der Waals surface area contributed by atoms with Crippen molar-refractivity contribution in [1.29, 1.82) is 0 Å². The van der Waals surface area contributed by atoms with E-state index < -0.39 is 11.7 Å². The van der Waals surface area contributed by atoms with Crippen molar-refractivity contribution in [3.8, 4) is 0 Å². The van der Waals surface area contributed by atoms with Crippen LogP contribution in [-0.4, -0.2) is 0 Å². The molecule has 0 aromatic heterocycles. The molecule has 92 valence electrons. The summed E-state index contributed by atoms with van der Waals surface area (Å²) in [5.74, 6) is 0.0369. The van der Waals surface area contributed by atoms with Crippen LogP contribution < -0.4 is 0 Å². The lowest BCUT2D eigenvalue weighted by atomic mass is 10.0. The van der Waals surface area contributed by atoms with Crippen molar-refractivity contribution in [2.45, 2.75) is 39.8 Å². The van der Waals surface area contributed by atoms with Crippen molar-refractivity contribution in [3.63, 3.8) is 0 Å².